The molecule has 0 saturated heterocycles. The highest BCUT2D eigenvalue weighted by atomic mass is 32.2. The van der Waals surface area contributed by atoms with E-state index < -0.39 is 15.6 Å². The van der Waals surface area contributed by atoms with Crippen LogP contribution in [0.3, 0.4) is 0 Å². The van der Waals surface area contributed by atoms with Crippen LogP contribution in [0.4, 0.5) is 0 Å². The maximum Gasteiger partial charge on any atom is 0.242 e. The largest absolute Gasteiger partial charge is 0.244 e. The summed E-state index contributed by atoms with van der Waals surface area (Å²) in [6.07, 6.45) is 1.17. The molecule has 0 atom stereocenters. The van der Waals surface area contributed by atoms with Crippen LogP contribution < -0.4 is 4.72 Å². The second-order valence-electron chi connectivity index (χ2n) is 4.35. The number of aromatic nitrogens is 1. The van der Waals surface area contributed by atoms with E-state index in [9.17, 15) is 8.42 Å². The number of hydrogen-bond donors (Lipinski definition) is 1. The second kappa shape index (κ2) is 4.20. The Bertz CT molecular complexity index is 506. The molecule has 0 amide bonds. The van der Waals surface area contributed by atoms with Crippen LogP contribution in [0.1, 0.15) is 26.5 Å². The molecule has 1 rings (SSSR count). The monoisotopic (exact) mass is 239 g/mol. The van der Waals surface area contributed by atoms with Crippen molar-refractivity contribution in [3.8, 4) is 6.07 Å². The maximum absolute atomic E-state index is 11.8. The first kappa shape index (κ1) is 12.6. The lowest BCUT2D eigenvalue weighted by Crippen LogP contribution is -2.40. The van der Waals surface area contributed by atoms with Crippen molar-refractivity contribution in [1.29, 1.82) is 5.26 Å². The van der Waals surface area contributed by atoms with E-state index in [1.54, 1.807) is 20.8 Å². The van der Waals surface area contributed by atoms with Crippen LogP contribution >= 0.6 is 0 Å². The van der Waals surface area contributed by atoms with Crippen molar-refractivity contribution in [3.63, 3.8) is 0 Å². The number of nitrogens with one attached hydrogen (secondary N) is 1. The van der Waals surface area contributed by atoms with E-state index >= 15 is 0 Å². The number of nitriles is 1. The Labute approximate surface area is 95.2 Å². The van der Waals surface area contributed by atoms with Gasteiger partial charge < -0.3 is 0 Å². The predicted octanol–water partition coefficient (Wildman–Crippen LogP) is 1.03. The van der Waals surface area contributed by atoms with Gasteiger partial charge in [-0.1, -0.05) is 0 Å². The highest BCUT2D eigenvalue weighted by molar-refractivity contribution is 7.89. The summed E-state index contributed by atoms with van der Waals surface area (Å²) in [6.45, 7) is 5.25. The minimum atomic E-state index is -3.56. The fraction of sp³-hybridized carbons (Fsp3) is 0.400. The highest BCUT2D eigenvalue weighted by Gasteiger charge is 2.21. The number of pyridine rings is 1. The Morgan fingerprint density at radius 1 is 1.38 bits per heavy atom. The quantitative estimate of drug-likeness (QED) is 0.835. The molecule has 0 aliphatic rings. The molecule has 6 heteroatoms. The van der Waals surface area contributed by atoms with Crippen molar-refractivity contribution in [2.24, 2.45) is 0 Å². The normalized spacial score (nSPS) is 12.1. The molecule has 1 aromatic rings. The van der Waals surface area contributed by atoms with Gasteiger partial charge in [-0.3, -0.25) is 0 Å². The molecule has 0 spiro atoms. The van der Waals surface area contributed by atoms with Gasteiger partial charge in [-0.05, 0) is 32.9 Å². The van der Waals surface area contributed by atoms with Crippen LogP contribution in [0.25, 0.3) is 0 Å². The molecule has 1 N–H and O–H groups in total. The molecule has 0 unspecified atom stereocenters. The van der Waals surface area contributed by atoms with Crippen molar-refractivity contribution in [1.82, 2.24) is 9.71 Å². The predicted molar refractivity (Wildman–Crippen MR) is 59.0 cm³/mol. The van der Waals surface area contributed by atoms with Gasteiger partial charge in [0.05, 0.1) is 0 Å². The fourth-order valence-electron chi connectivity index (χ4n) is 1.07. The van der Waals surface area contributed by atoms with Crippen molar-refractivity contribution in [3.05, 3.63) is 24.0 Å². The van der Waals surface area contributed by atoms with Crippen LogP contribution in [0.5, 0.6) is 0 Å². The minimum absolute atomic E-state index is 0.0569. The van der Waals surface area contributed by atoms with Gasteiger partial charge in [0.15, 0.2) is 0 Å². The Morgan fingerprint density at radius 3 is 2.38 bits per heavy atom. The van der Waals surface area contributed by atoms with Crippen LogP contribution in [0.2, 0.25) is 0 Å². The van der Waals surface area contributed by atoms with Gasteiger partial charge in [0.2, 0.25) is 10.0 Å². The summed E-state index contributed by atoms with van der Waals surface area (Å²) >= 11 is 0. The standard InChI is InChI=1S/C10H13N3O2S/c1-10(2,3)13-16(14,15)9-5-4-8(6-11)12-7-9/h4-5,7,13H,1-3H3. The fourth-order valence-corrected chi connectivity index (χ4v) is 2.43. The summed E-state index contributed by atoms with van der Waals surface area (Å²) in [5.74, 6) is 0. The first-order valence-corrected chi connectivity index (χ1v) is 6.13. The van der Waals surface area contributed by atoms with E-state index in [1.165, 1.54) is 18.3 Å². The molecule has 16 heavy (non-hydrogen) atoms. The van der Waals surface area contributed by atoms with Gasteiger partial charge in [-0.15, -0.1) is 0 Å². The molecular formula is C10H13N3O2S. The Kier molecular flexibility index (Phi) is 3.31. The van der Waals surface area contributed by atoms with Crippen molar-refractivity contribution in [2.75, 3.05) is 0 Å². The van der Waals surface area contributed by atoms with Crippen LogP contribution in [0, 0.1) is 11.3 Å². The summed E-state index contributed by atoms with van der Waals surface area (Å²) in [4.78, 5) is 3.77. The molecule has 0 bridgehead atoms. The average molecular weight is 239 g/mol. The first-order valence-electron chi connectivity index (χ1n) is 4.65. The van der Waals surface area contributed by atoms with Gasteiger partial charge in [-0.25, -0.2) is 18.1 Å². The van der Waals surface area contributed by atoms with Gasteiger partial charge in [-0.2, -0.15) is 5.26 Å². The zero-order valence-corrected chi connectivity index (χ0v) is 10.2. The molecule has 5 nitrogen and oxygen atoms in total. The van der Waals surface area contributed by atoms with E-state index in [0.717, 1.165) is 0 Å². The van der Waals surface area contributed by atoms with Gasteiger partial charge in [0.1, 0.15) is 16.7 Å². The van der Waals surface area contributed by atoms with Crippen molar-refractivity contribution < 1.29 is 8.42 Å². The third-order valence-electron chi connectivity index (χ3n) is 1.60. The Hall–Kier alpha value is -1.45. The van der Waals surface area contributed by atoms with E-state index in [2.05, 4.69) is 9.71 Å². The summed E-state index contributed by atoms with van der Waals surface area (Å²) in [5.41, 5.74) is -0.359. The maximum atomic E-state index is 11.8. The zero-order valence-electron chi connectivity index (χ0n) is 9.35. The second-order valence-corrected chi connectivity index (χ2v) is 6.03. The molecule has 0 radical (unpaired) electrons. The molecule has 0 aliphatic carbocycles. The third-order valence-corrected chi connectivity index (χ3v) is 3.34. The topological polar surface area (TPSA) is 82.9 Å². The molecular weight excluding hydrogens is 226 g/mol. The van der Waals surface area contributed by atoms with Crippen molar-refractivity contribution in [2.45, 2.75) is 31.2 Å². The summed E-state index contributed by atoms with van der Waals surface area (Å²) in [5, 5.41) is 8.54. The van der Waals surface area contributed by atoms with E-state index in [1.807, 2.05) is 6.07 Å². The Morgan fingerprint density at radius 2 is 2.00 bits per heavy atom. The average Bonchev–Trinajstić information content (AvgIpc) is 2.14. The lowest BCUT2D eigenvalue weighted by atomic mass is 10.1. The lowest BCUT2D eigenvalue weighted by Gasteiger charge is -2.20. The summed E-state index contributed by atoms with van der Waals surface area (Å²) < 4.78 is 26.1. The third kappa shape index (κ3) is 3.29. The molecule has 1 aromatic heterocycles. The molecule has 86 valence electrons. The van der Waals surface area contributed by atoms with Crippen molar-refractivity contribution >= 4 is 10.0 Å². The number of nitrogens with zero attached hydrogens (tertiary/aromatic N) is 2. The van der Waals surface area contributed by atoms with Crippen LogP contribution in [0.15, 0.2) is 23.2 Å². The Balaban J connectivity index is 3.05. The lowest BCUT2D eigenvalue weighted by molar-refractivity contribution is 0.491. The smallest absolute Gasteiger partial charge is 0.242 e. The summed E-state index contributed by atoms with van der Waals surface area (Å²) in [6, 6.07) is 4.56. The molecule has 0 saturated carbocycles. The van der Waals surface area contributed by atoms with E-state index in [-0.39, 0.29) is 10.6 Å². The van der Waals surface area contributed by atoms with E-state index in [4.69, 9.17) is 5.26 Å². The SMILES string of the molecule is CC(C)(C)NS(=O)(=O)c1ccc(C#N)nc1. The number of rotatable bonds is 2. The first-order chi connectivity index (χ1) is 7.24. The van der Waals surface area contributed by atoms with Gasteiger partial charge in [0.25, 0.3) is 0 Å². The molecule has 0 aromatic carbocycles. The van der Waals surface area contributed by atoms with Gasteiger partial charge in [0, 0.05) is 11.7 Å². The molecule has 1 heterocycles. The minimum Gasteiger partial charge on any atom is -0.244 e. The van der Waals surface area contributed by atoms with Crippen LogP contribution in [-0.4, -0.2) is 18.9 Å². The van der Waals surface area contributed by atoms with Crippen LogP contribution in [-0.2, 0) is 10.0 Å². The van der Waals surface area contributed by atoms with E-state index in [0.29, 0.717) is 0 Å². The van der Waals surface area contributed by atoms with Gasteiger partial charge >= 0.3 is 0 Å². The number of hydrogen-bond acceptors (Lipinski definition) is 4. The highest BCUT2D eigenvalue weighted by Crippen LogP contribution is 2.11. The summed E-state index contributed by atoms with van der Waals surface area (Å²) in [7, 11) is -3.56. The molecule has 0 aliphatic heterocycles. The zero-order chi connectivity index (χ0) is 12.4. The number of sulfonamides is 1. The molecule has 0 fully saturated rings.